The Morgan fingerprint density at radius 2 is 1.89 bits per heavy atom. The third-order valence-corrected chi connectivity index (χ3v) is 5.10. The summed E-state index contributed by atoms with van der Waals surface area (Å²) < 4.78 is 30.1. The van der Waals surface area contributed by atoms with Gasteiger partial charge in [0, 0.05) is 24.6 Å². The van der Waals surface area contributed by atoms with E-state index in [1.807, 2.05) is 0 Å². The van der Waals surface area contributed by atoms with Gasteiger partial charge in [0.15, 0.2) is 9.84 Å². The molecule has 0 unspecified atom stereocenters. The summed E-state index contributed by atoms with van der Waals surface area (Å²) in [4.78, 5) is 30.6. The fourth-order valence-corrected chi connectivity index (χ4v) is 3.50. The van der Waals surface area contributed by atoms with E-state index in [0.29, 0.717) is 16.4 Å². The van der Waals surface area contributed by atoms with Crippen LogP contribution in [0.1, 0.15) is 0 Å². The highest BCUT2D eigenvalue weighted by atomic mass is 35.5. The molecule has 0 aliphatic heterocycles. The lowest BCUT2D eigenvalue weighted by Gasteiger charge is -2.14. The summed E-state index contributed by atoms with van der Waals surface area (Å²) in [5.41, 5.74) is -0.443. The van der Waals surface area contributed by atoms with Crippen molar-refractivity contribution in [3.63, 3.8) is 0 Å². The molecule has 0 aliphatic rings. The van der Waals surface area contributed by atoms with Crippen LogP contribution in [0.25, 0.3) is 17.1 Å². The molecule has 3 rings (SSSR count). The number of ether oxygens (including phenoxy) is 1. The van der Waals surface area contributed by atoms with Gasteiger partial charge in [0.2, 0.25) is 0 Å². The normalized spacial score (nSPS) is 11.4. The molecule has 2 heterocycles. The summed E-state index contributed by atoms with van der Waals surface area (Å²) in [7, 11) is -2.20. The molecule has 0 fully saturated rings. The number of nitrogens with zero attached hydrogens (tertiary/aromatic N) is 2. The number of benzene rings is 1. The van der Waals surface area contributed by atoms with Crippen molar-refractivity contribution in [2.75, 3.05) is 13.4 Å². The maximum Gasteiger partial charge on any atom is 0.333 e. The maximum atomic E-state index is 12.5. The average molecular weight is 408 g/mol. The molecule has 0 amide bonds. The van der Waals surface area contributed by atoms with Crippen molar-refractivity contribution < 1.29 is 13.2 Å². The number of H-pyrrole nitrogens is 1. The van der Waals surface area contributed by atoms with E-state index < -0.39 is 21.1 Å². The van der Waals surface area contributed by atoms with Crippen LogP contribution in [0.5, 0.6) is 5.75 Å². The van der Waals surface area contributed by atoms with Crippen molar-refractivity contribution in [2.24, 2.45) is 0 Å². The molecule has 0 spiro atoms. The molecular formula is C17H14ClN3O5S. The van der Waals surface area contributed by atoms with Crippen LogP contribution in [0.3, 0.4) is 0 Å². The highest BCUT2D eigenvalue weighted by Crippen LogP contribution is 2.28. The van der Waals surface area contributed by atoms with E-state index in [4.69, 9.17) is 16.3 Å². The third kappa shape index (κ3) is 3.79. The third-order valence-electron chi connectivity index (χ3n) is 3.74. The molecule has 3 aromatic rings. The van der Waals surface area contributed by atoms with Gasteiger partial charge in [0.1, 0.15) is 10.6 Å². The first kappa shape index (κ1) is 18.9. The molecule has 10 heteroatoms. The fourth-order valence-electron chi connectivity index (χ4n) is 2.57. The molecule has 2 aromatic heterocycles. The summed E-state index contributed by atoms with van der Waals surface area (Å²) in [5.74, 6) is 0.0723. The number of hydrogen-bond donors (Lipinski definition) is 1. The van der Waals surface area contributed by atoms with Crippen LogP contribution in [0.15, 0.2) is 57.1 Å². The second kappa shape index (κ2) is 7.01. The quantitative estimate of drug-likeness (QED) is 0.704. The van der Waals surface area contributed by atoms with E-state index in [2.05, 4.69) is 9.97 Å². The van der Waals surface area contributed by atoms with Gasteiger partial charge in [-0.25, -0.2) is 13.2 Å². The second-order valence-corrected chi connectivity index (χ2v) is 8.05. The summed E-state index contributed by atoms with van der Waals surface area (Å²) in [6.07, 6.45) is 2.44. The highest BCUT2D eigenvalue weighted by Gasteiger charge is 2.18. The number of aromatic nitrogens is 3. The molecule has 0 saturated heterocycles. The minimum atomic E-state index is -3.53. The number of nitrogens with one attached hydrogen (secondary N) is 1. The number of hydrogen-bond acceptors (Lipinski definition) is 6. The number of methoxy groups -OCH3 is 1. The number of halogens is 1. The van der Waals surface area contributed by atoms with Gasteiger partial charge in [-0.05, 0) is 24.3 Å². The first-order valence-corrected chi connectivity index (χ1v) is 9.84. The lowest BCUT2D eigenvalue weighted by molar-refractivity contribution is 0.402. The minimum absolute atomic E-state index is 0.0163. The minimum Gasteiger partial charge on any atom is -0.495 e. The van der Waals surface area contributed by atoms with E-state index in [9.17, 15) is 18.0 Å². The Morgan fingerprint density at radius 1 is 1.15 bits per heavy atom. The predicted molar refractivity (Wildman–Crippen MR) is 101 cm³/mol. The molecule has 0 atom stereocenters. The van der Waals surface area contributed by atoms with Gasteiger partial charge in [0.05, 0.1) is 29.2 Å². The Labute approximate surface area is 159 Å². The van der Waals surface area contributed by atoms with Crippen molar-refractivity contribution in [3.05, 3.63) is 68.5 Å². The standard InChI is InChI=1S/C17H14ClN3O5S/c1-26-14-7-11(4-6-15(14)27(2,24)25)21-13(8-16(22)20-17(21)23)12-5-3-10(18)9-19-12/h3-9H,1-2H3,(H,20,22,23). The van der Waals surface area contributed by atoms with E-state index in [1.54, 1.807) is 12.1 Å². The molecule has 8 nitrogen and oxygen atoms in total. The van der Waals surface area contributed by atoms with Crippen LogP contribution in [0, 0.1) is 0 Å². The molecule has 27 heavy (non-hydrogen) atoms. The Kier molecular flexibility index (Phi) is 4.90. The molecule has 0 aliphatic carbocycles. The van der Waals surface area contributed by atoms with E-state index >= 15 is 0 Å². The number of pyridine rings is 1. The Hall–Kier alpha value is -2.91. The van der Waals surface area contributed by atoms with Crippen molar-refractivity contribution in [2.45, 2.75) is 4.90 Å². The topological polar surface area (TPSA) is 111 Å². The largest absolute Gasteiger partial charge is 0.495 e. The van der Waals surface area contributed by atoms with E-state index in [0.717, 1.165) is 6.26 Å². The van der Waals surface area contributed by atoms with Gasteiger partial charge in [-0.1, -0.05) is 11.6 Å². The molecule has 0 bridgehead atoms. The highest BCUT2D eigenvalue weighted by molar-refractivity contribution is 7.90. The molecule has 1 aromatic carbocycles. The zero-order valence-electron chi connectivity index (χ0n) is 14.3. The van der Waals surface area contributed by atoms with Crippen LogP contribution < -0.4 is 16.0 Å². The Bertz CT molecular complexity index is 1230. The Morgan fingerprint density at radius 3 is 2.48 bits per heavy atom. The second-order valence-electron chi connectivity index (χ2n) is 5.63. The van der Waals surface area contributed by atoms with Crippen molar-refractivity contribution in [1.82, 2.24) is 14.5 Å². The lowest BCUT2D eigenvalue weighted by Crippen LogP contribution is -2.29. The monoisotopic (exact) mass is 407 g/mol. The SMILES string of the molecule is COc1cc(-n2c(-c3ccc(Cl)cn3)cc(=O)[nH]c2=O)ccc1S(C)(=O)=O. The zero-order chi connectivity index (χ0) is 19.8. The van der Waals surface area contributed by atoms with Crippen molar-refractivity contribution in [3.8, 4) is 22.8 Å². The van der Waals surface area contributed by atoms with Crippen LogP contribution in [0.4, 0.5) is 0 Å². The van der Waals surface area contributed by atoms with Gasteiger partial charge < -0.3 is 4.74 Å². The lowest BCUT2D eigenvalue weighted by atomic mass is 10.2. The summed E-state index contributed by atoms with van der Waals surface area (Å²) in [6.45, 7) is 0. The summed E-state index contributed by atoms with van der Waals surface area (Å²) in [6, 6.07) is 8.53. The first-order chi connectivity index (χ1) is 12.7. The van der Waals surface area contributed by atoms with Gasteiger partial charge >= 0.3 is 5.69 Å². The van der Waals surface area contributed by atoms with Crippen LogP contribution in [-0.4, -0.2) is 36.3 Å². The van der Waals surface area contributed by atoms with E-state index in [-0.39, 0.29) is 16.3 Å². The first-order valence-electron chi connectivity index (χ1n) is 7.57. The average Bonchev–Trinajstić information content (AvgIpc) is 2.60. The maximum absolute atomic E-state index is 12.5. The number of aromatic amines is 1. The van der Waals surface area contributed by atoms with Crippen LogP contribution >= 0.6 is 11.6 Å². The van der Waals surface area contributed by atoms with Gasteiger partial charge in [-0.3, -0.25) is 19.3 Å². The number of rotatable bonds is 4. The molecule has 0 saturated carbocycles. The summed E-state index contributed by atoms with van der Waals surface area (Å²) >= 11 is 5.85. The summed E-state index contributed by atoms with van der Waals surface area (Å²) in [5, 5.41) is 0.400. The molecule has 140 valence electrons. The number of sulfone groups is 1. The van der Waals surface area contributed by atoms with Crippen molar-refractivity contribution in [1.29, 1.82) is 0 Å². The molecular weight excluding hydrogens is 394 g/mol. The molecule has 1 N–H and O–H groups in total. The predicted octanol–water partition coefficient (Wildman–Crippen LogP) is 1.65. The molecule has 0 radical (unpaired) electrons. The fraction of sp³-hybridized carbons (Fsp3) is 0.118. The van der Waals surface area contributed by atoms with Gasteiger partial charge in [-0.2, -0.15) is 0 Å². The van der Waals surface area contributed by atoms with Gasteiger partial charge in [-0.15, -0.1) is 0 Å². The van der Waals surface area contributed by atoms with Gasteiger partial charge in [0.25, 0.3) is 5.56 Å². The zero-order valence-corrected chi connectivity index (χ0v) is 15.8. The van der Waals surface area contributed by atoms with Crippen LogP contribution in [0.2, 0.25) is 5.02 Å². The smallest absolute Gasteiger partial charge is 0.333 e. The van der Waals surface area contributed by atoms with Crippen LogP contribution in [-0.2, 0) is 9.84 Å². The van der Waals surface area contributed by atoms with E-state index in [1.165, 1.54) is 42.1 Å². The Balaban J connectivity index is 2.31. The van der Waals surface area contributed by atoms with Crippen molar-refractivity contribution >= 4 is 21.4 Å².